The van der Waals surface area contributed by atoms with Crippen LogP contribution >= 0.6 is 0 Å². The van der Waals surface area contributed by atoms with Crippen molar-refractivity contribution in [3.8, 4) is 11.1 Å². The van der Waals surface area contributed by atoms with Crippen molar-refractivity contribution in [3.05, 3.63) is 89.7 Å². The Morgan fingerprint density at radius 1 is 0.786 bits per heavy atom. The van der Waals surface area contributed by atoms with E-state index < -0.39 is 23.6 Å². The number of pyridine rings is 1. The van der Waals surface area contributed by atoms with Crippen molar-refractivity contribution in [2.75, 3.05) is 0 Å². The Kier molecular flexibility index (Phi) is 5.39. The fraction of sp³-hybridized carbons (Fsp3) is 0.0500. The highest BCUT2D eigenvalue weighted by Gasteiger charge is 2.30. The van der Waals surface area contributed by atoms with E-state index in [-0.39, 0.29) is 11.1 Å². The van der Waals surface area contributed by atoms with Crippen molar-refractivity contribution in [2.45, 2.75) is 6.18 Å². The van der Waals surface area contributed by atoms with Crippen LogP contribution in [0, 0.1) is 0 Å². The Hall–Kier alpha value is -3.68. The van der Waals surface area contributed by atoms with E-state index in [4.69, 9.17) is 0 Å². The van der Waals surface area contributed by atoms with E-state index in [2.05, 4.69) is 15.8 Å². The molecule has 28 heavy (non-hydrogen) atoms. The van der Waals surface area contributed by atoms with Crippen molar-refractivity contribution in [2.24, 2.45) is 0 Å². The molecular weight excluding hydrogens is 371 g/mol. The molecule has 0 radical (unpaired) electrons. The number of nitrogens with zero attached hydrogens (tertiary/aromatic N) is 1. The number of nitrogens with one attached hydrogen (secondary N) is 2. The van der Waals surface area contributed by atoms with Crippen LogP contribution in [-0.4, -0.2) is 16.8 Å². The molecule has 0 spiro atoms. The highest BCUT2D eigenvalue weighted by Crippen LogP contribution is 2.29. The van der Waals surface area contributed by atoms with Gasteiger partial charge in [0.05, 0.1) is 5.56 Å². The molecule has 0 saturated carbocycles. The van der Waals surface area contributed by atoms with E-state index >= 15 is 0 Å². The Bertz CT molecular complexity index is 988. The predicted molar refractivity (Wildman–Crippen MR) is 96.0 cm³/mol. The van der Waals surface area contributed by atoms with Crippen LogP contribution in [0.3, 0.4) is 0 Å². The van der Waals surface area contributed by atoms with Crippen molar-refractivity contribution in [1.82, 2.24) is 15.8 Å². The van der Waals surface area contributed by atoms with Gasteiger partial charge in [-0.05, 0) is 47.5 Å². The lowest BCUT2D eigenvalue weighted by Crippen LogP contribution is -2.41. The molecule has 2 N–H and O–H groups in total. The molecule has 0 bridgehead atoms. The molecule has 142 valence electrons. The van der Waals surface area contributed by atoms with Crippen molar-refractivity contribution in [1.29, 1.82) is 0 Å². The third kappa shape index (κ3) is 4.53. The lowest BCUT2D eigenvalue weighted by Gasteiger charge is -2.10. The SMILES string of the molecule is O=C(NNC(=O)c1cccc(C(F)(F)F)c1)c1ccc(-c2cccnc2)cc1. The van der Waals surface area contributed by atoms with Gasteiger partial charge in [0.15, 0.2) is 0 Å². The van der Waals surface area contributed by atoms with Gasteiger partial charge >= 0.3 is 6.18 Å². The molecule has 3 rings (SSSR count). The molecule has 2 aromatic carbocycles. The fourth-order valence-corrected chi connectivity index (χ4v) is 2.44. The number of alkyl halides is 3. The molecule has 8 heteroatoms. The minimum Gasteiger partial charge on any atom is -0.267 e. The first-order valence-corrected chi connectivity index (χ1v) is 8.13. The average Bonchev–Trinajstić information content (AvgIpc) is 2.72. The van der Waals surface area contributed by atoms with Crippen LogP contribution in [0.15, 0.2) is 73.1 Å². The van der Waals surface area contributed by atoms with Crippen LogP contribution in [0.1, 0.15) is 26.3 Å². The summed E-state index contributed by atoms with van der Waals surface area (Å²) in [7, 11) is 0. The van der Waals surface area contributed by atoms with Crippen LogP contribution in [0.25, 0.3) is 11.1 Å². The summed E-state index contributed by atoms with van der Waals surface area (Å²) in [6.07, 6.45) is -1.22. The van der Waals surface area contributed by atoms with Crippen LogP contribution in [0.2, 0.25) is 0 Å². The molecule has 5 nitrogen and oxygen atoms in total. The largest absolute Gasteiger partial charge is 0.416 e. The minimum absolute atomic E-state index is 0.220. The highest BCUT2D eigenvalue weighted by molar-refractivity contribution is 5.99. The summed E-state index contributed by atoms with van der Waals surface area (Å²) in [5.74, 6) is -1.45. The minimum atomic E-state index is -4.56. The van der Waals surface area contributed by atoms with Gasteiger partial charge in [-0.15, -0.1) is 0 Å². The lowest BCUT2D eigenvalue weighted by molar-refractivity contribution is -0.137. The maximum absolute atomic E-state index is 12.7. The van der Waals surface area contributed by atoms with Gasteiger partial charge in [0.1, 0.15) is 0 Å². The number of benzene rings is 2. The first kappa shape index (κ1) is 19.1. The molecule has 0 aliphatic carbocycles. The molecule has 0 atom stereocenters. The summed E-state index contributed by atoms with van der Waals surface area (Å²) in [4.78, 5) is 28.2. The number of amides is 2. The summed E-state index contributed by atoms with van der Waals surface area (Å²) in [6.45, 7) is 0. The summed E-state index contributed by atoms with van der Waals surface area (Å²) < 4.78 is 38.1. The maximum Gasteiger partial charge on any atom is 0.416 e. The Morgan fingerprint density at radius 3 is 2.07 bits per heavy atom. The molecule has 0 aliphatic rings. The predicted octanol–water partition coefficient (Wildman–Crippen LogP) is 3.84. The first-order chi connectivity index (χ1) is 13.3. The summed E-state index contributed by atoms with van der Waals surface area (Å²) in [6, 6.07) is 14.2. The Labute approximate surface area is 158 Å². The second kappa shape index (κ2) is 7.91. The van der Waals surface area contributed by atoms with Gasteiger partial charge in [0.25, 0.3) is 11.8 Å². The number of rotatable bonds is 3. The Morgan fingerprint density at radius 2 is 1.46 bits per heavy atom. The van der Waals surface area contributed by atoms with E-state index in [9.17, 15) is 22.8 Å². The monoisotopic (exact) mass is 385 g/mol. The number of carbonyl (C=O) groups excluding carboxylic acids is 2. The quantitative estimate of drug-likeness (QED) is 0.673. The Balaban J connectivity index is 1.63. The van der Waals surface area contributed by atoms with Crippen molar-refractivity contribution < 1.29 is 22.8 Å². The van der Waals surface area contributed by atoms with E-state index in [1.165, 1.54) is 6.07 Å². The molecule has 0 unspecified atom stereocenters. The number of carbonyl (C=O) groups is 2. The van der Waals surface area contributed by atoms with Crippen LogP contribution < -0.4 is 10.9 Å². The van der Waals surface area contributed by atoms with E-state index in [1.807, 2.05) is 6.07 Å². The van der Waals surface area contributed by atoms with E-state index in [0.717, 1.165) is 23.3 Å². The summed E-state index contributed by atoms with van der Waals surface area (Å²) in [5, 5.41) is 0. The fourth-order valence-electron chi connectivity index (χ4n) is 2.44. The van der Waals surface area contributed by atoms with Gasteiger partial charge in [0, 0.05) is 23.5 Å². The average molecular weight is 385 g/mol. The standard InChI is InChI=1S/C20H14F3N3O2/c21-20(22,23)17-5-1-3-15(11-17)19(28)26-25-18(27)14-8-6-13(7-9-14)16-4-2-10-24-12-16/h1-12H,(H,25,27)(H,26,28). The zero-order valence-electron chi connectivity index (χ0n) is 14.3. The van der Waals surface area contributed by atoms with Gasteiger partial charge in [0.2, 0.25) is 0 Å². The van der Waals surface area contributed by atoms with Gasteiger partial charge in [-0.25, -0.2) is 0 Å². The van der Waals surface area contributed by atoms with E-state index in [0.29, 0.717) is 6.07 Å². The molecule has 1 heterocycles. The summed E-state index contributed by atoms with van der Waals surface area (Å²) in [5.41, 5.74) is 5.14. The normalized spacial score (nSPS) is 11.0. The maximum atomic E-state index is 12.7. The van der Waals surface area contributed by atoms with Crippen molar-refractivity contribution in [3.63, 3.8) is 0 Å². The number of hydrogen-bond acceptors (Lipinski definition) is 3. The highest BCUT2D eigenvalue weighted by atomic mass is 19.4. The van der Waals surface area contributed by atoms with Gasteiger partial charge in [-0.3, -0.25) is 25.4 Å². The number of hydrogen-bond donors (Lipinski definition) is 2. The number of halogens is 3. The number of aromatic nitrogens is 1. The zero-order valence-corrected chi connectivity index (χ0v) is 14.3. The molecule has 0 fully saturated rings. The first-order valence-electron chi connectivity index (χ1n) is 8.13. The molecule has 2 amide bonds. The molecular formula is C20H14F3N3O2. The second-order valence-corrected chi connectivity index (χ2v) is 5.81. The zero-order chi connectivity index (χ0) is 20.1. The smallest absolute Gasteiger partial charge is 0.267 e. The third-order valence-corrected chi connectivity index (χ3v) is 3.88. The third-order valence-electron chi connectivity index (χ3n) is 3.88. The molecule has 0 aliphatic heterocycles. The van der Waals surface area contributed by atoms with Crippen LogP contribution in [0.5, 0.6) is 0 Å². The van der Waals surface area contributed by atoms with Gasteiger partial charge < -0.3 is 0 Å². The summed E-state index contributed by atoms with van der Waals surface area (Å²) >= 11 is 0. The molecule has 3 aromatic rings. The lowest BCUT2D eigenvalue weighted by atomic mass is 10.1. The number of hydrazine groups is 1. The van der Waals surface area contributed by atoms with Gasteiger partial charge in [-0.1, -0.05) is 24.3 Å². The topological polar surface area (TPSA) is 71.1 Å². The van der Waals surface area contributed by atoms with Crippen LogP contribution in [-0.2, 0) is 6.18 Å². The van der Waals surface area contributed by atoms with Crippen molar-refractivity contribution >= 4 is 11.8 Å². The molecule has 0 saturated heterocycles. The van der Waals surface area contributed by atoms with E-state index in [1.54, 1.807) is 42.7 Å². The molecule has 1 aromatic heterocycles. The van der Waals surface area contributed by atoms with Gasteiger partial charge in [-0.2, -0.15) is 13.2 Å². The van der Waals surface area contributed by atoms with Crippen LogP contribution in [0.4, 0.5) is 13.2 Å². The second-order valence-electron chi connectivity index (χ2n) is 5.81.